The summed E-state index contributed by atoms with van der Waals surface area (Å²) >= 11 is 10.9. The summed E-state index contributed by atoms with van der Waals surface area (Å²) in [5, 5.41) is 5.07. The van der Waals surface area contributed by atoms with Crippen LogP contribution in [-0.4, -0.2) is 59.5 Å². The number of thiol groups is 1. The fourth-order valence-electron chi connectivity index (χ4n) is 6.00. The molecule has 218 valence electrons. The fourth-order valence-corrected chi connectivity index (χ4v) is 6.43. The lowest BCUT2D eigenvalue weighted by Gasteiger charge is -2.50. The summed E-state index contributed by atoms with van der Waals surface area (Å²) in [4.78, 5) is 43.6. The van der Waals surface area contributed by atoms with E-state index in [0.717, 1.165) is 10.8 Å². The van der Waals surface area contributed by atoms with E-state index in [9.17, 15) is 14.4 Å². The van der Waals surface area contributed by atoms with Crippen molar-refractivity contribution >= 4 is 52.7 Å². The first-order valence-electron chi connectivity index (χ1n) is 13.5. The first-order valence-corrected chi connectivity index (χ1v) is 14.4. The number of hydrogen-bond donors (Lipinski definition) is 2. The number of rotatable bonds is 7. The Morgan fingerprint density at radius 3 is 2.60 bits per heavy atom. The van der Waals surface area contributed by atoms with Crippen LogP contribution in [0.15, 0.2) is 24.4 Å². The number of ketones is 2. The molecule has 3 atom stereocenters. The van der Waals surface area contributed by atoms with Crippen molar-refractivity contribution in [1.29, 1.82) is 0 Å². The number of carbonyl (C=O) groups is 3. The third-order valence-corrected chi connectivity index (χ3v) is 8.43. The highest BCUT2D eigenvalue weighted by Gasteiger charge is 2.56. The van der Waals surface area contributed by atoms with Crippen LogP contribution in [0.2, 0.25) is 5.02 Å². The monoisotopic (exact) mass is 592 g/mol. The van der Waals surface area contributed by atoms with Gasteiger partial charge in [0.05, 0.1) is 24.2 Å². The van der Waals surface area contributed by atoms with E-state index in [1.165, 1.54) is 0 Å². The molecule has 1 aromatic heterocycles. The molecular weight excluding hydrogens is 556 g/mol. The van der Waals surface area contributed by atoms with Gasteiger partial charge in [-0.05, 0) is 76.5 Å². The van der Waals surface area contributed by atoms with Crippen LogP contribution in [0.4, 0.5) is 4.79 Å². The quantitative estimate of drug-likeness (QED) is 0.318. The summed E-state index contributed by atoms with van der Waals surface area (Å²) < 4.78 is 22.5. The SMILES string of the molecule is CCC(NC(=O)OC(C)(C)C)C1(C2C(=O)COC(S)C2=O)CCC(Oc2cc3ccnc(OC)c3cc2Cl)CC1. The Hall–Kier alpha value is -2.56. The maximum atomic E-state index is 13.3. The number of nitrogens with zero attached hydrogens (tertiary/aromatic N) is 1. The molecule has 2 fully saturated rings. The number of hydrogen-bond acceptors (Lipinski definition) is 9. The van der Waals surface area contributed by atoms with Crippen molar-refractivity contribution in [2.24, 2.45) is 11.3 Å². The normalized spacial score (nSPS) is 26.3. The van der Waals surface area contributed by atoms with E-state index in [0.29, 0.717) is 48.8 Å². The van der Waals surface area contributed by atoms with Gasteiger partial charge in [-0.1, -0.05) is 18.5 Å². The number of Topliss-reactive ketones (excluding diaryl/α,β-unsaturated/α-hetero) is 2. The van der Waals surface area contributed by atoms with Crippen LogP contribution in [0.5, 0.6) is 11.6 Å². The molecule has 1 saturated carbocycles. The Bertz CT molecular complexity index is 1270. The average molecular weight is 593 g/mol. The molecule has 1 aromatic carbocycles. The molecule has 1 N–H and O–H groups in total. The van der Waals surface area contributed by atoms with Crippen LogP contribution in [-0.2, 0) is 19.1 Å². The Kier molecular flexibility index (Phi) is 9.21. The van der Waals surface area contributed by atoms with Gasteiger partial charge in [0.2, 0.25) is 5.88 Å². The maximum Gasteiger partial charge on any atom is 0.407 e. The van der Waals surface area contributed by atoms with Crippen LogP contribution in [0.1, 0.15) is 59.8 Å². The molecule has 2 aliphatic rings. The van der Waals surface area contributed by atoms with Gasteiger partial charge in [0.1, 0.15) is 18.0 Å². The molecular formula is C29H37ClN2O7S. The smallest absolute Gasteiger partial charge is 0.407 e. The van der Waals surface area contributed by atoms with Crippen LogP contribution in [0.25, 0.3) is 10.8 Å². The van der Waals surface area contributed by atoms with Crippen molar-refractivity contribution in [1.82, 2.24) is 10.3 Å². The van der Waals surface area contributed by atoms with Gasteiger partial charge in [-0.3, -0.25) is 9.59 Å². The summed E-state index contributed by atoms with van der Waals surface area (Å²) in [6.07, 6.45) is 3.42. The largest absolute Gasteiger partial charge is 0.489 e. The summed E-state index contributed by atoms with van der Waals surface area (Å²) in [5.74, 6) is -0.603. The molecule has 1 aliphatic carbocycles. The lowest BCUT2D eigenvalue weighted by Crippen LogP contribution is -2.60. The van der Waals surface area contributed by atoms with Gasteiger partial charge in [-0.15, -0.1) is 12.6 Å². The van der Waals surface area contributed by atoms with Gasteiger partial charge >= 0.3 is 6.09 Å². The number of fused-ring (bicyclic) bond motifs is 1. The maximum absolute atomic E-state index is 13.3. The molecule has 11 heteroatoms. The zero-order chi connectivity index (χ0) is 29.2. The number of ether oxygens (including phenoxy) is 4. The number of alkyl carbamates (subject to hydrolysis) is 1. The third-order valence-electron chi connectivity index (χ3n) is 7.73. The van der Waals surface area contributed by atoms with E-state index >= 15 is 0 Å². The highest BCUT2D eigenvalue weighted by molar-refractivity contribution is 7.81. The molecule has 0 spiro atoms. The Balaban J connectivity index is 1.60. The van der Waals surface area contributed by atoms with Crippen LogP contribution < -0.4 is 14.8 Å². The van der Waals surface area contributed by atoms with Crippen LogP contribution >= 0.6 is 24.2 Å². The summed E-state index contributed by atoms with van der Waals surface area (Å²) in [6, 6.07) is 5.01. The first-order chi connectivity index (χ1) is 18.9. The molecule has 4 rings (SSSR count). The number of amides is 1. The molecule has 1 aliphatic heterocycles. The minimum absolute atomic E-state index is 0.194. The molecule has 1 saturated heterocycles. The number of benzene rings is 1. The lowest BCUT2D eigenvalue weighted by atomic mass is 9.58. The number of aromatic nitrogens is 1. The molecule has 0 radical (unpaired) electrons. The van der Waals surface area contributed by atoms with E-state index in [2.05, 4.69) is 22.9 Å². The van der Waals surface area contributed by atoms with E-state index in [-0.39, 0.29) is 24.3 Å². The van der Waals surface area contributed by atoms with Crippen molar-refractivity contribution in [3.63, 3.8) is 0 Å². The predicted molar refractivity (Wildman–Crippen MR) is 154 cm³/mol. The lowest BCUT2D eigenvalue weighted by molar-refractivity contribution is -0.157. The van der Waals surface area contributed by atoms with Crippen LogP contribution in [0.3, 0.4) is 0 Å². The average Bonchev–Trinajstić information content (AvgIpc) is 2.89. The first kappa shape index (κ1) is 30.4. The van der Waals surface area contributed by atoms with E-state index < -0.39 is 34.5 Å². The molecule has 40 heavy (non-hydrogen) atoms. The van der Waals surface area contributed by atoms with Gasteiger partial charge < -0.3 is 24.3 Å². The molecule has 0 bridgehead atoms. The molecule has 2 aromatic rings. The van der Waals surface area contributed by atoms with Crippen molar-refractivity contribution in [3.05, 3.63) is 29.4 Å². The van der Waals surface area contributed by atoms with Gasteiger partial charge in [-0.25, -0.2) is 9.78 Å². The van der Waals surface area contributed by atoms with Gasteiger partial charge in [0.25, 0.3) is 0 Å². The third kappa shape index (κ3) is 6.34. The van der Waals surface area contributed by atoms with Crippen molar-refractivity contribution in [3.8, 4) is 11.6 Å². The number of pyridine rings is 1. The summed E-state index contributed by atoms with van der Waals surface area (Å²) in [7, 11) is 1.56. The standard InChI is InChI=1S/C29H37ClN2O7S/c1-6-22(32-27(35)39-28(2,3)4)29(23-20(33)15-37-26(40)24(23)34)10-7-17(8-11-29)38-21-13-16-9-12-31-25(36-5)18(16)14-19(21)30/h9,12-14,17,22-23,26,40H,6-8,10-11,15H2,1-5H3,(H,32,35). The van der Waals surface area contributed by atoms with E-state index in [4.69, 9.17) is 30.5 Å². The van der Waals surface area contributed by atoms with Gasteiger partial charge in [-0.2, -0.15) is 0 Å². The second kappa shape index (κ2) is 12.1. The van der Waals surface area contributed by atoms with Crippen molar-refractivity contribution < 1.29 is 33.3 Å². The fraction of sp³-hybridized carbons (Fsp3) is 0.586. The minimum Gasteiger partial charge on any atom is -0.489 e. The second-order valence-electron chi connectivity index (χ2n) is 11.4. The Labute approximate surface area is 245 Å². The van der Waals surface area contributed by atoms with Crippen LogP contribution in [0, 0.1) is 11.3 Å². The van der Waals surface area contributed by atoms with Crippen molar-refractivity contribution in [2.45, 2.75) is 83.0 Å². The highest BCUT2D eigenvalue weighted by Crippen LogP contribution is 2.50. The predicted octanol–water partition coefficient (Wildman–Crippen LogP) is 5.55. The van der Waals surface area contributed by atoms with E-state index in [1.54, 1.807) is 40.1 Å². The zero-order valence-electron chi connectivity index (χ0n) is 23.5. The second-order valence-corrected chi connectivity index (χ2v) is 12.3. The molecule has 9 nitrogen and oxygen atoms in total. The Morgan fingerprint density at radius 1 is 1.27 bits per heavy atom. The number of methoxy groups -OCH3 is 1. The number of carbonyl (C=O) groups excluding carboxylic acids is 3. The van der Waals surface area contributed by atoms with Crippen molar-refractivity contribution in [2.75, 3.05) is 13.7 Å². The minimum atomic E-state index is -0.990. The molecule has 2 heterocycles. The summed E-state index contributed by atoms with van der Waals surface area (Å²) in [5.41, 5.74) is -2.52. The summed E-state index contributed by atoms with van der Waals surface area (Å²) in [6.45, 7) is 7.09. The zero-order valence-corrected chi connectivity index (χ0v) is 25.1. The topological polar surface area (TPSA) is 113 Å². The molecule has 3 unspecified atom stereocenters. The van der Waals surface area contributed by atoms with Gasteiger partial charge in [0, 0.05) is 23.0 Å². The number of nitrogens with one attached hydrogen (secondary N) is 1. The van der Waals surface area contributed by atoms with E-state index in [1.807, 2.05) is 19.1 Å². The van der Waals surface area contributed by atoms with Gasteiger partial charge in [0.15, 0.2) is 17.0 Å². The number of halogens is 1. The molecule has 1 amide bonds. The highest BCUT2D eigenvalue weighted by atomic mass is 35.5. The Morgan fingerprint density at radius 2 is 1.98 bits per heavy atom.